The van der Waals surface area contributed by atoms with Crippen LogP contribution in [0, 0.1) is 0 Å². The molecule has 23 heavy (non-hydrogen) atoms. The van der Waals surface area contributed by atoms with E-state index < -0.39 is 0 Å². The SMILES string of the molecule is C=C1CCC(NCc2cccc(Cc3ccccc3)c2)C(=O)N1. The molecule has 3 rings (SSSR count). The summed E-state index contributed by atoms with van der Waals surface area (Å²) in [5.74, 6) is 0.0293. The van der Waals surface area contributed by atoms with Crippen molar-refractivity contribution in [3.05, 3.63) is 83.6 Å². The van der Waals surface area contributed by atoms with Gasteiger partial charge in [-0.1, -0.05) is 61.2 Å². The van der Waals surface area contributed by atoms with Crippen LogP contribution in [-0.4, -0.2) is 11.9 Å². The van der Waals surface area contributed by atoms with Gasteiger partial charge in [-0.2, -0.15) is 0 Å². The number of amides is 1. The Balaban J connectivity index is 1.59. The zero-order valence-electron chi connectivity index (χ0n) is 13.2. The molecule has 2 aromatic carbocycles. The Morgan fingerprint density at radius 1 is 1.04 bits per heavy atom. The third-order valence-electron chi connectivity index (χ3n) is 4.15. The average Bonchev–Trinajstić information content (AvgIpc) is 2.55. The summed E-state index contributed by atoms with van der Waals surface area (Å²) in [7, 11) is 0. The van der Waals surface area contributed by atoms with Gasteiger partial charge in [-0.3, -0.25) is 4.79 Å². The highest BCUT2D eigenvalue weighted by atomic mass is 16.2. The maximum Gasteiger partial charge on any atom is 0.241 e. The van der Waals surface area contributed by atoms with Crippen molar-refractivity contribution in [3.63, 3.8) is 0 Å². The first-order chi connectivity index (χ1) is 11.2. The van der Waals surface area contributed by atoms with Gasteiger partial charge in [0, 0.05) is 12.2 Å². The highest BCUT2D eigenvalue weighted by molar-refractivity contribution is 5.84. The number of hydrogen-bond acceptors (Lipinski definition) is 2. The second-order valence-corrected chi connectivity index (χ2v) is 6.05. The third-order valence-corrected chi connectivity index (χ3v) is 4.15. The lowest BCUT2D eigenvalue weighted by atomic mass is 10.0. The zero-order valence-corrected chi connectivity index (χ0v) is 13.2. The van der Waals surface area contributed by atoms with Gasteiger partial charge in [-0.15, -0.1) is 0 Å². The first-order valence-electron chi connectivity index (χ1n) is 8.04. The van der Waals surface area contributed by atoms with E-state index in [4.69, 9.17) is 0 Å². The van der Waals surface area contributed by atoms with Crippen molar-refractivity contribution in [2.45, 2.75) is 31.8 Å². The number of allylic oxidation sites excluding steroid dienone is 1. The minimum Gasteiger partial charge on any atom is -0.329 e. The molecule has 0 aromatic heterocycles. The number of carbonyl (C=O) groups excluding carboxylic acids is 1. The van der Waals surface area contributed by atoms with Crippen molar-refractivity contribution in [1.29, 1.82) is 0 Å². The molecular formula is C20H22N2O. The molecule has 1 fully saturated rings. The average molecular weight is 306 g/mol. The molecule has 118 valence electrons. The summed E-state index contributed by atoms with van der Waals surface area (Å²) >= 11 is 0. The van der Waals surface area contributed by atoms with Crippen LogP contribution in [0.5, 0.6) is 0 Å². The number of rotatable bonds is 5. The molecule has 1 aliphatic heterocycles. The third kappa shape index (κ3) is 4.30. The van der Waals surface area contributed by atoms with Gasteiger partial charge in [-0.05, 0) is 36.0 Å². The summed E-state index contributed by atoms with van der Waals surface area (Å²) in [5.41, 5.74) is 4.62. The van der Waals surface area contributed by atoms with E-state index in [9.17, 15) is 4.79 Å². The van der Waals surface area contributed by atoms with Crippen LogP contribution in [0.4, 0.5) is 0 Å². The summed E-state index contributed by atoms with van der Waals surface area (Å²) in [4.78, 5) is 11.9. The van der Waals surface area contributed by atoms with Gasteiger partial charge in [0.05, 0.1) is 6.04 Å². The van der Waals surface area contributed by atoms with Gasteiger partial charge in [0.25, 0.3) is 0 Å². The second kappa shape index (κ2) is 7.25. The molecule has 1 unspecified atom stereocenters. The molecule has 1 heterocycles. The molecule has 3 nitrogen and oxygen atoms in total. The van der Waals surface area contributed by atoms with Gasteiger partial charge in [-0.25, -0.2) is 0 Å². The summed E-state index contributed by atoms with van der Waals surface area (Å²) in [5, 5.41) is 6.16. The topological polar surface area (TPSA) is 41.1 Å². The standard InChI is InChI=1S/C20H22N2O/c1-15-10-11-19(20(23)22-15)21-14-18-9-5-8-17(13-18)12-16-6-3-2-4-7-16/h2-9,13,19,21H,1,10-12,14H2,(H,22,23). The molecule has 1 aliphatic rings. The minimum absolute atomic E-state index is 0.0293. The maximum atomic E-state index is 11.9. The molecule has 0 aliphatic carbocycles. The van der Waals surface area contributed by atoms with E-state index in [1.54, 1.807) is 0 Å². The lowest BCUT2D eigenvalue weighted by Gasteiger charge is -2.24. The molecule has 0 saturated carbocycles. The molecule has 1 amide bonds. The van der Waals surface area contributed by atoms with E-state index in [0.717, 1.165) is 25.0 Å². The van der Waals surface area contributed by atoms with Gasteiger partial charge in [0.2, 0.25) is 5.91 Å². The molecule has 2 aromatic rings. The van der Waals surface area contributed by atoms with E-state index in [1.165, 1.54) is 16.7 Å². The summed E-state index contributed by atoms with van der Waals surface area (Å²) in [6.45, 7) is 4.51. The van der Waals surface area contributed by atoms with Crippen LogP contribution >= 0.6 is 0 Å². The molecule has 1 atom stereocenters. The number of piperidine rings is 1. The van der Waals surface area contributed by atoms with Crippen molar-refractivity contribution in [1.82, 2.24) is 10.6 Å². The molecule has 1 saturated heterocycles. The van der Waals surface area contributed by atoms with Crippen molar-refractivity contribution in [2.24, 2.45) is 0 Å². The molecule has 0 bridgehead atoms. The Morgan fingerprint density at radius 2 is 1.78 bits per heavy atom. The van der Waals surface area contributed by atoms with Crippen molar-refractivity contribution < 1.29 is 4.79 Å². The van der Waals surface area contributed by atoms with Gasteiger partial charge in [0.1, 0.15) is 0 Å². The van der Waals surface area contributed by atoms with Crippen molar-refractivity contribution in [2.75, 3.05) is 0 Å². The van der Waals surface area contributed by atoms with Crippen LogP contribution in [-0.2, 0) is 17.8 Å². The van der Waals surface area contributed by atoms with E-state index in [-0.39, 0.29) is 11.9 Å². The van der Waals surface area contributed by atoms with Crippen LogP contribution in [0.25, 0.3) is 0 Å². The lowest BCUT2D eigenvalue weighted by molar-refractivity contribution is -0.123. The fourth-order valence-electron chi connectivity index (χ4n) is 2.89. The quantitative estimate of drug-likeness (QED) is 0.891. The van der Waals surface area contributed by atoms with Crippen molar-refractivity contribution >= 4 is 5.91 Å². The largest absolute Gasteiger partial charge is 0.329 e. The zero-order chi connectivity index (χ0) is 16.1. The number of benzene rings is 2. The van der Waals surface area contributed by atoms with Crippen LogP contribution in [0.3, 0.4) is 0 Å². The first-order valence-corrected chi connectivity index (χ1v) is 8.04. The smallest absolute Gasteiger partial charge is 0.241 e. The van der Waals surface area contributed by atoms with Gasteiger partial charge in [0.15, 0.2) is 0 Å². The fraction of sp³-hybridized carbons (Fsp3) is 0.250. The maximum absolute atomic E-state index is 11.9. The normalized spacial score (nSPS) is 17.8. The van der Waals surface area contributed by atoms with E-state index >= 15 is 0 Å². The Bertz CT molecular complexity index is 694. The lowest BCUT2D eigenvalue weighted by Crippen LogP contribution is -2.46. The van der Waals surface area contributed by atoms with Gasteiger partial charge >= 0.3 is 0 Å². The highest BCUT2D eigenvalue weighted by Crippen LogP contribution is 2.14. The molecule has 3 heteroatoms. The Labute approximate surface area is 137 Å². The van der Waals surface area contributed by atoms with E-state index in [2.05, 4.69) is 65.7 Å². The molecular weight excluding hydrogens is 284 g/mol. The molecule has 0 spiro atoms. The number of carbonyl (C=O) groups is 1. The molecule has 2 N–H and O–H groups in total. The predicted molar refractivity (Wildman–Crippen MR) is 92.8 cm³/mol. The van der Waals surface area contributed by atoms with E-state index in [1.807, 2.05) is 6.07 Å². The van der Waals surface area contributed by atoms with Gasteiger partial charge < -0.3 is 10.6 Å². The summed E-state index contributed by atoms with van der Waals surface area (Å²) in [6.07, 6.45) is 2.59. The highest BCUT2D eigenvalue weighted by Gasteiger charge is 2.22. The number of hydrogen-bond donors (Lipinski definition) is 2. The first kappa shape index (κ1) is 15.5. The predicted octanol–water partition coefficient (Wildman–Crippen LogP) is 3.16. The Hall–Kier alpha value is -2.39. The summed E-state index contributed by atoms with van der Waals surface area (Å²) in [6, 6.07) is 18.9. The van der Waals surface area contributed by atoms with Crippen molar-refractivity contribution in [3.8, 4) is 0 Å². The molecule has 0 radical (unpaired) electrons. The van der Waals surface area contributed by atoms with Crippen LogP contribution < -0.4 is 10.6 Å². The van der Waals surface area contributed by atoms with E-state index in [0.29, 0.717) is 6.54 Å². The van der Waals surface area contributed by atoms with Crippen LogP contribution in [0.15, 0.2) is 66.9 Å². The Morgan fingerprint density at radius 3 is 2.57 bits per heavy atom. The summed E-state index contributed by atoms with van der Waals surface area (Å²) < 4.78 is 0. The fourth-order valence-corrected chi connectivity index (χ4v) is 2.89. The number of nitrogens with one attached hydrogen (secondary N) is 2. The second-order valence-electron chi connectivity index (χ2n) is 6.05. The van der Waals surface area contributed by atoms with Crippen LogP contribution in [0.2, 0.25) is 0 Å². The minimum atomic E-state index is -0.127. The monoisotopic (exact) mass is 306 g/mol. The van der Waals surface area contributed by atoms with Crippen LogP contribution in [0.1, 0.15) is 29.5 Å². The Kier molecular flexibility index (Phi) is 4.89.